The van der Waals surface area contributed by atoms with Gasteiger partial charge < -0.3 is 10.2 Å². The van der Waals surface area contributed by atoms with Crippen LogP contribution in [0.15, 0.2) is 18.2 Å². The van der Waals surface area contributed by atoms with E-state index in [-0.39, 0.29) is 0 Å². The summed E-state index contributed by atoms with van der Waals surface area (Å²) in [6.45, 7) is 4.92. The van der Waals surface area contributed by atoms with E-state index in [2.05, 4.69) is 22.3 Å². The second kappa shape index (κ2) is 4.87. The van der Waals surface area contributed by atoms with E-state index in [0.717, 1.165) is 17.5 Å². The molecule has 1 N–H and O–H groups in total. The smallest absolute Gasteiger partial charge is 0.0410 e. The van der Waals surface area contributed by atoms with Crippen LogP contribution in [0.5, 0.6) is 0 Å². The first-order valence-electron chi connectivity index (χ1n) is 6.56. The summed E-state index contributed by atoms with van der Waals surface area (Å²) in [5.41, 5.74) is 2.65. The Kier molecular flexibility index (Phi) is 3.26. The number of hydrogen-bond acceptors (Lipinski definition) is 2. The number of rotatable bonds is 2. The lowest BCUT2D eigenvalue weighted by molar-refractivity contribution is 0.280. The van der Waals surface area contributed by atoms with Gasteiger partial charge in [0.25, 0.3) is 0 Å². The average Bonchev–Trinajstić information content (AvgIpc) is 2.81. The third-order valence-corrected chi connectivity index (χ3v) is 4.11. The molecule has 2 aliphatic heterocycles. The number of halogens is 1. The van der Waals surface area contributed by atoms with Crippen LogP contribution in [0.1, 0.15) is 18.4 Å². The van der Waals surface area contributed by atoms with Gasteiger partial charge in [-0.25, -0.2) is 0 Å². The predicted octanol–water partition coefficient (Wildman–Crippen LogP) is 3.02. The first-order valence-corrected chi connectivity index (χ1v) is 6.94. The van der Waals surface area contributed by atoms with Crippen LogP contribution in [0.2, 0.25) is 5.02 Å². The van der Waals surface area contributed by atoms with Crippen molar-refractivity contribution in [1.82, 2.24) is 4.90 Å². The zero-order chi connectivity index (χ0) is 11.7. The van der Waals surface area contributed by atoms with Gasteiger partial charge in [-0.05, 0) is 62.0 Å². The van der Waals surface area contributed by atoms with Crippen LogP contribution in [0, 0.1) is 5.92 Å². The molecule has 1 atom stereocenters. The lowest BCUT2D eigenvalue weighted by Crippen LogP contribution is -2.34. The number of likely N-dealkylation sites (tertiary alicyclic amines) is 1. The number of hydrogen-bond donors (Lipinski definition) is 1. The largest absolute Gasteiger partial charge is 0.384 e. The zero-order valence-electron chi connectivity index (χ0n) is 10.1. The fraction of sp³-hybridized carbons (Fsp3) is 0.571. The molecule has 1 fully saturated rings. The van der Waals surface area contributed by atoms with Gasteiger partial charge in [-0.2, -0.15) is 0 Å². The van der Waals surface area contributed by atoms with Crippen LogP contribution in [-0.4, -0.2) is 31.1 Å². The third-order valence-electron chi connectivity index (χ3n) is 3.87. The fourth-order valence-electron chi connectivity index (χ4n) is 3.00. The van der Waals surface area contributed by atoms with E-state index in [4.69, 9.17) is 11.6 Å². The van der Waals surface area contributed by atoms with Gasteiger partial charge in [-0.1, -0.05) is 11.6 Å². The van der Waals surface area contributed by atoms with Crippen LogP contribution in [0.4, 0.5) is 5.69 Å². The summed E-state index contributed by atoms with van der Waals surface area (Å²) in [7, 11) is 0. The topological polar surface area (TPSA) is 15.3 Å². The van der Waals surface area contributed by atoms with Crippen molar-refractivity contribution in [2.45, 2.75) is 19.3 Å². The Balaban J connectivity index is 1.67. The molecule has 0 aliphatic carbocycles. The van der Waals surface area contributed by atoms with Crippen molar-refractivity contribution in [2.75, 3.05) is 31.5 Å². The third kappa shape index (κ3) is 2.58. The summed E-state index contributed by atoms with van der Waals surface area (Å²) >= 11 is 6.06. The minimum absolute atomic E-state index is 0.735. The first-order chi connectivity index (χ1) is 8.31. The van der Waals surface area contributed by atoms with Crippen molar-refractivity contribution in [1.29, 1.82) is 0 Å². The molecule has 0 aromatic heterocycles. The Hall–Kier alpha value is -0.730. The molecule has 1 saturated heterocycles. The van der Waals surface area contributed by atoms with E-state index in [1.165, 1.54) is 50.1 Å². The Labute approximate surface area is 108 Å². The van der Waals surface area contributed by atoms with E-state index < -0.39 is 0 Å². The molecule has 0 bridgehead atoms. The molecule has 1 aromatic carbocycles. The SMILES string of the molecule is Clc1ccc2c(c1)CC(CN1CCCC1)CN2. The molecule has 0 spiro atoms. The second-order valence-electron chi connectivity index (χ2n) is 5.26. The maximum Gasteiger partial charge on any atom is 0.0410 e. The highest BCUT2D eigenvalue weighted by Crippen LogP contribution is 2.28. The van der Waals surface area contributed by atoms with Gasteiger partial charge in [0, 0.05) is 23.8 Å². The lowest BCUT2D eigenvalue weighted by Gasteiger charge is -2.29. The molecule has 0 saturated carbocycles. The molecule has 3 rings (SSSR count). The molecule has 92 valence electrons. The lowest BCUT2D eigenvalue weighted by atomic mass is 9.93. The summed E-state index contributed by atoms with van der Waals surface area (Å²) in [6.07, 6.45) is 3.92. The highest BCUT2D eigenvalue weighted by Gasteiger charge is 2.22. The van der Waals surface area contributed by atoms with Crippen molar-refractivity contribution in [3.05, 3.63) is 28.8 Å². The number of nitrogens with zero attached hydrogens (tertiary/aromatic N) is 1. The molecular formula is C14H19ClN2. The monoisotopic (exact) mass is 250 g/mol. The minimum Gasteiger partial charge on any atom is -0.384 e. The number of fused-ring (bicyclic) bond motifs is 1. The fourth-order valence-corrected chi connectivity index (χ4v) is 3.20. The summed E-state index contributed by atoms with van der Waals surface area (Å²) in [6, 6.07) is 6.18. The number of nitrogens with one attached hydrogen (secondary N) is 1. The van der Waals surface area contributed by atoms with Crippen molar-refractivity contribution in [2.24, 2.45) is 5.92 Å². The van der Waals surface area contributed by atoms with Crippen molar-refractivity contribution >= 4 is 17.3 Å². The molecule has 2 aliphatic rings. The van der Waals surface area contributed by atoms with Crippen molar-refractivity contribution < 1.29 is 0 Å². The summed E-state index contributed by atoms with van der Waals surface area (Å²) in [5, 5.41) is 4.38. The first kappa shape index (κ1) is 11.4. The Morgan fingerprint density at radius 2 is 2.12 bits per heavy atom. The van der Waals surface area contributed by atoms with Gasteiger partial charge >= 0.3 is 0 Å². The maximum absolute atomic E-state index is 6.06. The van der Waals surface area contributed by atoms with E-state index in [0.29, 0.717) is 0 Å². The summed E-state index contributed by atoms with van der Waals surface area (Å²) < 4.78 is 0. The van der Waals surface area contributed by atoms with Gasteiger partial charge in [-0.15, -0.1) is 0 Å². The van der Waals surface area contributed by atoms with E-state index >= 15 is 0 Å². The molecule has 3 heteroatoms. The van der Waals surface area contributed by atoms with Crippen LogP contribution < -0.4 is 5.32 Å². The van der Waals surface area contributed by atoms with E-state index in [1.807, 2.05) is 6.07 Å². The van der Waals surface area contributed by atoms with Crippen LogP contribution >= 0.6 is 11.6 Å². The van der Waals surface area contributed by atoms with Gasteiger partial charge in [0.2, 0.25) is 0 Å². The molecule has 1 aromatic rings. The maximum atomic E-state index is 6.06. The van der Waals surface area contributed by atoms with Gasteiger partial charge in [-0.3, -0.25) is 0 Å². The van der Waals surface area contributed by atoms with Gasteiger partial charge in [0.05, 0.1) is 0 Å². The Bertz CT molecular complexity index is 399. The van der Waals surface area contributed by atoms with Gasteiger partial charge in [0.1, 0.15) is 0 Å². The van der Waals surface area contributed by atoms with Crippen molar-refractivity contribution in [3.8, 4) is 0 Å². The summed E-state index contributed by atoms with van der Waals surface area (Å²) in [4.78, 5) is 2.60. The Morgan fingerprint density at radius 1 is 1.29 bits per heavy atom. The molecule has 2 nitrogen and oxygen atoms in total. The van der Waals surface area contributed by atoms with Crippen LogP contribution in [0.25, 0.3) is 0 Å². The highest BCUT2D eigenvalue weighted by molar-refractivity contribution is 6.30. The van der Waals surface area contributed by atoms with Crippen molar-refractivity contribution in [3.63, 3.8) is 0 Å². The Morgan fingerprint density at radius 3 is 2.94 bits per heavy atom. The normalized spacial score (nSPS) is 24.4. The molecule has 0 radical (unpaired) electrons. The van der Waals surface area contributed by atoms with E-state index in [1.54, 1.807) is 0 Å². The molecule has 1 unspecified atom stereocenters. The number of anilines is 1. The average molecular weight is 251 g/mol. The van der Waals surface area contributed by atoms with Crippen LogP contribution in [-0.2, 0) is 6.42 Å². The summed E-state index contributed by atoms with van der Waals surface area (Å²) in [5.74, 6) is 0.735. The predicted molar refractivity (Wildman–Crippen MR) is 72.8 cm³/mol. The minimum atomic E-state index is 0.735. The van der Waals surface area contributed by atoms with E-state index in [9.17, 15) is 0 Å². The standard InChI is InChI=1S/C14H19ClN2/c15-13-3-4-14-12(8-13)7-11(9-16-14)10-17-5-1-2-6-17/h3-4,8,11,16H,1-2,5-7,9-10H2. The number of benzene rings is 1. The molecule has 2 heterocycles. The zero-order valence-corrected chi connectivity index (χ0v) is 10.8. The molecule has 17 heavy (non-hydrogen) atoms. The quantitative estimate of drug-likeness (QED) is 0.868. The molecule has 0 amide bonds. The highest BCUT2D eigenvalue weighted by atomic mass is 35.5. The second-order valence-corrected chi connectivity index (χ2v) is 5.70. The van der Waals surface area contributed by atoms with Crippen LogP contribution in [0.3, 0.4) is 0 Å². The van der Waals surface area contributed by atoms with Gasteiger partial charge in [0.15, 0.2) is 0 Å². The molecular weight excluding hydrogens is 232 g/mol.